The molecular weight excluding hydrogens is 374 g/mol. The number of carbonyl (C=O) groups is 2. The fraction of sp³-hybridized carbons (Fsp3) is 0.381. The topological polar surface area (TPSA) is 110 Å². The highest BCUT2D eigenvalue weighted by atomic mass is 16.5. The van der Waals surface area contributed by atoms with E-state index in [4.69, 9.17) is 14.6 Å². The highest BCUT2D eigenvalue weighted by Crippen LogP contribution is 2.26. The van der Waals surface area contributed by atoms with Crippen LogP contribution >= 0.6 is 0 Å². The second kappa shape index (κ2) is 10.3. The first-order valence-corrected chi connectivity index (χ1v) is 9.59. The molecule has 0 radical (unpaired) electrons. The first kappa shape index (κ1) is 20.4. The van der Waals surface area contributed by atoms with Gasteiger partial charge in [-0.05, 0) is 37.0 Å². The van der Waals surface area contributed by atoms with Crippen LogP contribution in [-0.2, 0) is 11.3 Å². The summed E-state index contributed by atoms with van der Waals surface area (Å²) < 4.78 is 11.1. The number of amides is 2. The third-order valence-electron chi connectivity index (χ3n) is 4.92. The summed E-state index contributed by atoms with van der Waals surface area (Å²) >= 11 is 0. The predicted molar refractivity (Wildman–Crippen MR) is 106 cm³/mol. The molecule has 0 aliphatic heterocycles. The average Bonchev–Trinajstić information content (AvgIpc) is 2.73. The standard InChI is InChI=1S/C21H25N3O5/c25-20(26)23-17-8-9-19(16(11-17)14-28-18-7-4-10-22-12-18)24-21(27)29-13-15-5-2-1-3-6-15/h1-7,10,12,16-17,19,23H,8-9,11,13-14H2,(H,24,27)(H,25,26)/t16-,17+,19-/m0/s1. The summed E-state index contributed by atoms with van der Waals surface area (Å²) in [4.78, 5) is 27.3. The molecule has 154 valence electrons. The van der Waals surface area contributed by atoms with E-state index in [2.05, 4.69) is 15.6 Å². The zero-order valence-electron chi connectivity index (χ0n) is 16.0. The number of pyridine rings is 1. The Morgan fingerprint density at radius 2 is 1.93 bits per heavy atom. The van der Waals surface area contributed by atoms with E-state index in [0.29, 0.717) is 31.6 Å². The van der Waals surface area contributed by atoms with Crippen LogP contribution in [-0.4, -0.2) is 41.0 Å². The summed E-state index contributed by atoms with van der Waals surface area (Å²) in [6, 6.07) is 12.7. The number of ether oxygens (including phenoxy) is 2. The minimum absolute atomic E-state index is 0.0647. The second-order valence-electron chi connectivity index (χ2n) is 7.03. The molecule has 1 aliphatic carbocycles. The SMILES string of the molecule is O=C(O)N[C@@H]1CC[C@H](NC(=O)OCc2ccccc2)[C@H](COc2cccnc2)C1. The number of carboxylic acid groups (broad SMARTS) is 1. The number of nitrogens with zero attached hydrogens (tertiary/aromatic N) is 1. The van der Waals surface area contributed by atoms with Crippen molar-refractivity contribution >= 4 is 12.2 Å². The summed E-state index contributed by atoms with van der Waals surface area (Å²) in [5, 5.41) is 14.5. The maximum atomic E-state index is 12.3. The number of aromatic nitrogens is 1. The highest BCUT2D eigenvalue weighted by Gasteiger charge is 2.33. The Hall–Kier alpha value is -3.29. The van der Waals surface area contributed by atoms with E-state index in [-0.39, 0.29) is 24.6 Å². The highest BCUT2D eigenvalue weighted by molar-refractivity contribution is 5.67. The maximum Gasteiger partial charge on any atom is 0.407 e. The van der Waals surface area contributed by atoms with Gasteiger partial charge in [0.15, 0.2) is 0 Å². The summed E-state index contributed by atoms with van der Waals surface area (Å²) in [7, 11) is 0. The molecule has 8 nitrogen and oxygen atoms in total. The van der Waals surface area contributed by atoms with E-state index in [1.807, 2.05) is 30.3 Å². The Labute approximate surface area is 169 Å². The Balaban J connectivity index is 1.56. The molecule has 3 N–H and O–H groups in total. The van der Waals surface area contributed by atoms with Gasteiger partial charge in [-0.15, -0.1) is 0 Å². The summed E-state index contributed by atoms with van der Waals surface area (Å²) in [6.45, 7) is 0.534. The zero-order chi connectivity index (χ0) is 20.5. The van der Waals surface area contributed by atoms with E-state index in [0.717, 1.165) is 5.56 Å². The largest absolute Gasteiger partial charge is 0.492 e. The molecule has 1 aromatic carbocycles. The quantitative estimate of drug-likeness (QED) is 0.660. The average molecular weight is 399 g/mol. The third kappa shape index (κ3) is 6.67. The maximum absolute atomic E-state index is 12.3. The Morgan fingerprint density at radius 1 is 1.10 bits per heavy atom. The van der Waals surface area contributed by atoms with Crippen LogP contribution < -0.4 is 15.4 Å². The number of benzene rings is 1. The molecule has 1 fully saturated rings. The van der Waals surface area contributed by atoms with Crippen molar-refractivity contribution in [2.45, 2.75) is 38.0 Å². The molecule has 1 aliphatic rings. The van der Waals surface area contributed by atoms with E-state index in [9.17, 15) is 9.59 Å². The van der Waals surface area contributed by atoms with Crippen molar-refractivity contribution in [2.75, 3.05) is 6.61 Å². The molecular formula is C21H25N3O5. The summed E-state index contributed by atoms with van der Waals surface area (Å²) in [5.74, 6) is 0.566. The van der Waals surface area contributed by atoms with E-state index >= 15 is 0 Å². The molecule has 3 rings (SSSR count). The second-order valence-corrected chi connectivity index (χ2v) is 7.03. The van der Waals surface area contributed by atoms with Gasteiger partial charge in [0.25, 0.3) is 0 Å². The number of hydrogen-bond acceptors (Lipinski definition) is 5. The number of rotatable bonds is 7. The van der Waals surface area contributed by atoms with Crippen molar-refractivity contribution in [1.29, 1.82) is 0 Å². The van der Waals surface area contributed by atoms with Gasteiger partial charge in [-0.3, -0.25) is 4.98 Å². The van der Waals surface area contributed by atoms with Crippen LogP contribution in [0.15, 0.2) is 54.9 Å². The van der Waals surface area contributed by atoms with Crippen molar-refractivity contribution in [2.24, 2.45) is 5.92 Å². The molecule has 0 bridgehead atoms. The molecule has 0 unspecified atom stereocenters. The first-order valence-electron chi connectivity index (χ1n) is 9.59. The summed E-state index contributed by atoms with van der Waals surface area (Å²) in [5.41, 5.74) is 0.911. The minimum Gasteiger partial charge on any atom is -0.492 e. The molecule has 1 saturated carbocycles. The van der Waals surface area contributed by atoms with Crippen molar-refractivity contribution in [3.05, 3.63) is 60.4 Å². The third-order valence-corrected chi connectivity index (χ3v) is 4.92. The Bertz CT molecular complexity index is 787. The number of nitrogens with one attached hydrogen (secondary N) is 2. The van der Waals surface area contributed by atoms with Gasteiger partial charge in [0.2, 0.25) is 0 Å². The molecule has 1 aromatic heterocycles. The molecule has 0 spiro atoms. The molecule has 29 heavy (non-hydrogen) atoms. The van der Waals surface area contributed by atoms with E-state index in [1.54, 1.807) is 24.5 Å². The molecule has 8 heteroatoms. The lowest BCUT2D eigenvalue weighted by molar-refractivity contribution is 0.109. The van der Waals surface area contributed by atoms with Crippen LogP contribution in [0.4, 0.5) is 9.59 Å². The monoisotopic (exact) mass is 399 g/mol. The number of alkyl carbamates (subject to hydrolysis) is 1. The van der Waals surface area contributed by atoms with Gasteiger partial charge in [0, 0.05) is 24.2 Å². The normalized spacial score (nSPS) is 21.0. The van der Waals surface area contributed by atoms with Crippen molar-refractivity contribution in [1.82, 2.24) is 15.6 Å². The van der Waals surface area contributed by atoms with Crippen LogP contribution in [0.2, 0.25) is 0 Å². The molecule has 2 amide bonds. The summed E-state index contributed by atoms with van der Waals surface area (Å²) in [6.07, 6.45) is 3.58. The smallest absolute Gasteiger partial charge is 0.407 e. The van der Waals surface area contributed by atoms with Crippen molar-refractivity contribution in [3.8, 4) is 5.75 Å². The van der Waals surface area contributed by atoms with Crippen LogP contribution in [0.3, 0.4) is 0 Å². The Morgan fingerprint density at radius 3 is 2.66 bits per heavy atom. The van der Waals surface area contributed by atoms with Crippen LogP contribution in [0.1, 0.15) is 24.8 Å². The van der Waals surface area contributed by atoms with Gasteiger partial charge in [0.05, 0.1) is 12.8 Å². The Kier molecular flexibility index (Phi) is 7.27. The van der Waals surface area contributed by atoms with Gasteiger partial charge in [-0.2, -0.15) is 0 Å². The molecule has 0 saturated heterocycles. The van der Waals surface area contributed by atoms with Gasteiger partial charge in [0.1, 0.15) is 12.4 Å². The first-order chi connectivity index (χ1) is 14.1. The lowest BCUT2D eigenvalue weighted by Gasteiger charge is -2.36. The van der Waals surface area contributed by atoms with E-state index in [1.165, 1.54) is 0 Å². The van der Waals surface area contributed by atoms with Gasteiger partial charge in [-0.1, -0.05) is 30.3 Å². The number of hydrogen-bond donors (Lipinski definition) is 3. The fourth-order valence-corrected chi connectivity index (χ4v) is 3.50. The van der Waals surface area contributed by atoms with Gasteiger partial charge in [-0.25, -0.2) is 9.59 Å². The van der Waals surface area contributed by atoms with Gasteiger partial charge >= 0.3 is 12.2 Å². The van der Waals surface area contributed by atoms with Crippen molar-refractivity contribution in [3.63, 3.8) is 0 Å². The van der Waals surface area contributed by atoms with Crippen LogP contribution in [0, 0.1) is 5.92 Å². The lowest BCUT2D eigenvalue weighted by atomic mass is 9.82. The van der Waals surface area contributed by atoms with Crippen molar-refractivity contribution < 1.29 is 24.2 Å². The fourth-order valence-electron chi connectivity index (χ4n) is 3.50. The predicted octanol–water partition coefficient (Wildman–Crippen LogP) is 3.19. The molecule has 2 aromatic rings. The minimum atomic E-state index is -1.05. The zero-order valence-corrected chi connectivity index (χ0v) is 16.0. The number of carbonyl (C=O) groups excluding carboxylic acids is 1. The molecule has 1 heterocycles. The van der Waals surface area contributed by atoms with Crippen LogP contribution in [0.25, 0.3) is 0 Å². The lowest BCUT2D eigenvalue weighted by Crippen LogP contribution is -2.50. The van der Waals surface area contributed by atoms with E-state index < -0.39 is 12.2 Å². The van der Waals surface area contributed by atoms with Crippen LogP contribution in [0.5, 0.6) is 5.75 Å². The molecule has 3 atom stereocenters. The van der Waals surface area contributed by atoms with Gasteiger partial charge < -0.3 is 25.2 Å².